The van der Waals surface area contributed by atoms with E-state index < -0.39 is 11.5 Å². The first-order chi connectivity index (χ1) is 11.0. The van der Waals surface area contributed by atoms with Crippen molar-refractivity contribution in [3.8, 4) is 0 Å². The Morgan fingerprint density at radius 3 is 2.57 bits per heavy atom. The van der Waals surface area contributed by atoms with Crippen LogP contribution >= 0.6 is 15.9 Å². The summed E-state index contributed by atoms with van der Waals surface area (Å²) >= 11 is 3.29. The molecule has 1 aromatic carbocycles. The number of methoxy groups -OCH3 is 1. The topological polar surface area (TPSA) is 84.5 Å². The molecule has 0 saturated heterocycles. The number of nitrogens with one attached hydrogen (secondary N) is 2. The van der Waals surface area contributed by atoms with Crippen LogP contribution in [0.5, 0.6) is 0 Å². The maximum atomic E-state index is 12.7. The molecular weight excluding hydrogens is 364 g/mol. The largest absolute Gasteiger partial charge is 0.465 e. The summed E-state index contributed by atoms with van der Waals surface area (Å²) < 4.78 is 5.45. The van der Waals surface area contributed by atoms with Crippen molar-refractivity contribution in [3.63, 3.8) is 0 Å². The summed E-state index contributed by atoms with van der Waals surface area (Å²) in [7, 11) is 1.28. The first-order valence-corrected chi connectivity index (χ1v) is 8.22. The highest BCUT2D eigenvalue weighted by molar-refractivity contribution is 9.10. The Labute approximate surface area is 143 Å². The SMILES string of the molecule is COC(=O)c1cc(Br)ccc1NC(=O)C1(NC=O)CCCCC1. The fourth-order valence-electron chi connectivity index (χ4n) is 2.85. The van der Waals surface area contributed by atoms with E-state index >= 15 is 0 Å². The van der Waals surface area contributed by atoms with Gasteiger partial charge in [-0.2, -0.15) is 0 Å². The molecule has 1 aromatic rings. The van der Waals surface area contributed by atoms with Gasteiger partial charge in [-0.25, -0.2) is 4.79 Å². The van der Waals surface area contributed by atoms with Gasteiger partial charge in [-0.15, -0.1) is 0 Å². The van der Waals surface area contributed by atoms with E-state index in [9.17, 15) is 14.4 Å². The minimum Gasteiger partial charge on any atom is -0.465 e. The summed E-state index contributed by atoms with van der Waals surface area (Å²) in [6, 6.07) is 4.94. The van der Waals surface area contributed by atoms with Crippen LogP contribution in [0.25, 0.3) is 0 Å². The molecule has 1 saturated carbocycles. The molecule has 2 rings (SSSR count). The minimum atomic E-state index is -0.916. The number of amides is 2. The minimum absolute atomic E-state index is 0.257. The lowest BCUT2D eigenvalue weighted by atomic mass is 9.81. The molecule has 0 bridgehead atoms. The third kappa shape index (κ3) is 3.90. The third-order valence-electron chi connectivity index (χ3n) is 4.11. The second-order valence-corrected chi connectivity index (χ2v) is 6.46. The van der Waals surface area contributed by atoms with Gasteiger partial charge < -0.3 is 15.4 Å². The molecule has 0 unspecified atom stereocenters. The van der Waals surface area contributed by atoms with E-state index in [4.69, 9.17) is 4.74 Å². The predicted octanol–water partition coefficient (Wildman–Crippen LogP) is 2.62. The number of benzene rings is 1. The van der Waals surface area contributed by atoms with Crippen molar-refractivity contribution in [1.29, 1.82) is 0 Å². The van der Waals surface area contributed by atoms with E-state index in [1.807, 2.05) is 0 Å². The van der Waals surface area contributed by atoms with Gasteiger partial charge in [0, 0.05) is 4.47 Å². The maximum absolute atomic E-state index is 12.7. The molecular formula is C16H19BrN2O4. The van der Waals surface area contributed by atoms with Crippen LogP contribution in [0.15, 0.2) is 22.7 Å². The number of carbonyl (C=O) groups is 3. The Balaban J connectivity index is 2.28. The Bertz CT molecular complexity index is 612. The van der Waals surface area contributed by atoms with Gasteiger partial charge in [-0.05, 0) is 31.0 Å². The van der Waals surface area contributed by atoms with Crippen molar-refractivity contribution in [2.45, 2.75) is 37.6 Å². The molecule has 1 aliphatic rings. The zero-order valence-electron chi connectivity index (χ0n) is 12.9. The number of hydrogen-bond donors (Lipinski definition) is 2. The van der Waals surface area contributed by atoms with Crippen molar-refractivity contribution in [2.24, 2.45) is 0 Å². The van der Waals surface area contributed by atoms with Crippen molar-refractivity contribution in [1.82, 2.24) is 5.32 Å². The quantitative estimate of drug-likeness (QED) is 0.605. The molecule has 0 atom stereocenters. The molecule has 2 N–H and O–H groups in total. The van der Waals surface area contributed by atoms with Crippen molar-refractivity contribution < 1.29 is 19.1 Å². The molecule has 0 spiro atoms. The van der Waals surface area contributed by atoms with E-state index in [-0.39, 0.29) is 11.5 Å². The van der Waals surface area contributed by atoms with Crippen molar-refractivity contribution in [3.05, 3.63) is 28.2 Å². The number of carbonyl (C=O) groups excluding carboxylic acids is 3. The van der Waals surface area contributed by atoms with Crippen molar-refractivity contribution in [2.75, 3.05) is 12.4 Å². The van der Waals surface area contributed by atoms with Gasteiger partial charge in [0.1, 0.15) is 5.54 Å². The van der Waals surface area contributed by atoms with Crippen LogP contribution in [-0.2, 0) is 14.3 Å². The molecule has 1 fully saturated rings. The normalized spacial score (nSPS) is 16.3. The average molecular weight is 383 g/mol. The molecule has 2 amide bonds. The number of rotatable bonds is 5. The van der Waals surface area contributed by atoms with E-state index in [2.05, 4.69) is 26.6 Å². The zero-order chi connectivity index (χ0) is 16.9. The van der Waals surface area contributed by atoms with Crippen LogP contribution in [0.1, 0.15) is 42.5 Å². The monoisotopic (exact) mass is 382 g/mol. The molecule has 0 aliphatic heterocycles. The van der Waals surface area contributed by atoms with Gasteiger partial charge in [0.25, 0.3) is 0 Å². The molecule has 0 radical (unpaired) electrons. The zero-order valence-corrected chi connectivity index (χ0v) is 14.4. The number of ether oxygens (including phenoxy) is 1. The number of esters is 1. The lowest BCUT2D eigenvalue weighted by Gasteiger charge is -2.35. The predicted molar refractivity (Wildman–Crippen MR) is 89.1 cm³/mol. The van der Waals surface area contributed by atoms with Gasteiger partial charge in [0.2, 0.25) is 12.3 Å². The first-order valence-electron chi connectivity index (χ1n) is 7.43. The Morgan fingerprint density at radius 2 is 1.96 bits per heavy atom. The fourth-order valence-corrected chi connectivity index (χ4v) is 3.21. The Hall–Kier alpha value is -1.89. The van der Waals surface area contributed by atoms with Crippen LogP contribution in [-0.4, -0.2) is 30.9 Å². The molecule has 1 aliphatic carbocycles. The van der Waals surface area contributed by atoms with E-state index in [1.54, 1.807) is 18.2 Å². The number of anilines is 1. The van der Waals surface area contributed by atoms with E-state index in [1.165, 1.54) is 7.11 Å². The smallest absolute Gasteiger partial charge is 0.340 e. The molecule has 23 heavy (non-hydrogen) atoms. The Kier molecular flexibility index (Phi) is 5.76. The van der Waals surface area contributed by atoms with E-state index in [0.29, 0.717) is 29.4 Å². The molecule has 6 nitrogen and oxygen atoms in total. The highest BCUT2D eigenvalue weighted by atomic mass is 79.9. The second-order valence-electron chi connectivity index (χ2n) is 5.54. The molecule has 0 heterocycles. The molecule has 0 aromatic heterocycles. The third-order valence-corrected chi connectivity index (χ3v) is 4.61. The number of halogens is 1. The Morgan fingerprint density at radius 1 is 1.26 bits per heavy atom. The average Bonchev–Trinajstić information content (AvgIpc) is 2.56. The van der Waals surface area contributed by atoms with Crippen LogP contribution < -0.4 is 10.6 Å². The standard InChI is InChI=1S/C16H19BrN2O4/c1-23-14(21)12-9-11(17)5-6-13(12)19-15(22)16(18-10-20)7-3-2-4-8-16/h5-6,9-10H,2-4,7-8H2,1H3,(H,18,20)(H,19,22). The van der Waals surface area contributed by atoms with E-state index in [0.717, 1.165) is 19.3 Å². The number of hydrogen-bond acceptors (Lipinski definition) is 4. The lowest BCUT2D eigenvalue weighted by molar-refractivity contribution is -0.127. The summed E-state index contributed by atoms with van der Waals surface area (Å²) in [5.41, 5.74) is -0.296. The van der Waals surface area contributed by atoms with Gasteiger partial charge in [0.05, 0.1) is 18.4 Å². The fraction of sp³-hybridized carbons (Fsp3) is 0.438. The molecule has 7 heteroatoms. The van der Waals surface area contributed by atoms with Crippen molar-refractivity contribution >= 4 is 39.9 Å². The summed E-state index contributed by atoms with van der Waals surface area (Å²) in [4.78, 5) is 35.5. The van der Waals surface area contributed by atoms with Crippen LogP contribution in [0.2, 0.25) is 0 Å². The maximum Gasteiger partial charge on any atom is 0.340 e. The van der Waals surface area contributed by atoms with Gasteiger partial charge in [-0.1, -0.05) is 35.2 Å². The van der Waals surface area contributed by atoms with Gasteiger partial charge >= 0.3 is 5.97 Å². The summed E-state index contributed by atoms with van der Waals surface area (Å²) in [6.07, 6.45) is 4.52. The molecule has 124 valence electrons. The lowest BCUT2D eigenvalue weighted by Crippen LogP contribution is -2.55. The highest BCUT2D eigenvalue weighted by Crippen LogP contribution is 2.30. The van der Waals surface area contributed by atoms with Crippen LogP contribution in [0.4, 0.5) is 5.69 Å². The first kappa shape index (κ1) is 17.5. The summed E-state index contributed by atoms with van der Waals surface area (Å²) in [5, 5.41) is 5.44. The van der Waals surface area contributed by atoms with Crippen LogP contribution in [0, 0.1) is 0 Å². The van der Waals surface area contributed by atoms with Gasteiger partial charge in [-0.3, -0.25) is 9.59 Å². The summed E-state index contributed by atoms with van der Waals surface area (Å²) in [6.45, 7) is 0. The van der Waals surface area contributed by atoms with Gasteiger partial charge in [0.15, 0.2) is 0 Å². The second kappa shape index (κ2) is 7.59. The van der Waals surface area contributed by atoms with Crippen LogP contribution in [0.3, 0.4) is 0 Å². The summed E-state index contributed by atoms with van der Waals surface area (Å²) in [5.74, 6) is -0.848. The highest BCUT2D eigenvalue weighted by Gasteiger charge is 2.39.